The summed E-state index contributed by atoms with van der Waals surface area (Å²) in [6, 6.07) is 2.23. The van der Waals surface area contributed by atoms with Crippen LogP contribution in [0, 0.1) is 6.92 Å². The Hall–Kier alpha value is -1.85. The number of nitrogens with two attached hydrogens (primary N) is 1. The second kappa shape index (κ2) is 11.1. The molecular formula is C26H39N3OS. The van der Waals surface area contributed by atoms with Crippen LogP contribution < -0.4 is 10.5 Å². The number of aliphatic imine (C=N–C) groups is 2. The van der Waals surface area contributed by atoms with Crippen LogP contribution in [-0.2, 0) is 0 Å². The highest BCUT2D eigenvalue weighted by atomic mass is 32.2. The number of hydrogen-bond acceptors (Lipinski definition) is 5. The van der Waals surface area contributed by atoms with Gasteiger partial charge in [-0.2, -0.15) is 0 Å². The summed E-state index contributed by atoms with van der Waals surface area (Å²) in [6.07, 6.45) is 8.36. The molecule has 2 unspecified atom stereocenters. The van der Waals surface area contributed by atoms with Crippen LogP contribution in [0.25, 0.3) is 5.70 Å². The summed E-state index contributed by atoms with van der Waals surface area (Å²) in [5.74, 6) is 1.71. The zero-order valence-corrected chi connectivity index (χ0v) is 21.5. The molecule has 31 heavy (non-hydrogen) atoms. The molecule has 0 bridgehead atoms. The van der Waals surface area contributed by atoms with Crippen molar-refractivity contribution in [1.82, 2.24) is 0 Å². The first-order valence-corrected chi connectivity index (χ1v) is 12.5. The van der Waals surface area contributed by atoms with E-state index >= 15 is 0 Å². The van der Waals surface area contributed by atoms with E-state index in [2.05, 4.69) is 59.8 Å². The maximum Gasteiger partial charge on any atom is 0.144 e. The first kappa shape index (κ1) is 25.4. The van der Waals surface area contributed by atoms with Gasteiger partial charge in [0.15, 0.2) is 0 Å². The average Bonchev–Trinajstić information content (AvgIpc) is 2.74. The molecule has 0 radical (unpaired) electrons. The van der Waals surface area contributed by atoms with Gasteiger partial charge in [-0.05, 0) is 73.6 Å². The number of nitrogens with zero attached hydrogens (tertiary/aromatic N) is 2. The van der Waals surface area contributed by atoms with Gasteiger partial charge in [0.2, 0.25) is 0 Å². The Morgan fingerprint density at radius 2 is 1.90 bits per heavy atom. The first-order valence-electron chi connectivity index (χ1n) is 11.3. The lowest BCUT2D eigenvalue weighted by Crippen LogP contribution is -2.23. The van der Waals surface area contributed by atoms with Crippen molar-refractivity contribution in [3.05, 3.63) is 46.0 Å². The Labute approximate surface area is 193 Å². The fraction of sp³-hybridized carbons (Fsp3) is 0.538. The van der Waals surface area contributed by atoms with Crippen molar-refractivity contribution in [3.63, 3.8) is 0 Å². The van der Waals surface area contributed by atoms with Crippen LogP contribution in [0.4, 0.5) is 0 Å². The molecule has 170 valence electrons. The summed E-state index contributed by atoms with van der Waals surface area (Å²) in [5, 5.41) is 0. The van der Waals surface area contributed by atoms with Gasteiger partial charge >= 0.3 is 0 Å². The summed E-state index contributed by atoms with van der Waals surface area (Å²) >= 11 is 1.53. The third kappa shape index (κ3) is 5.50. The standard InChI is InChI=1S/C26H39N3OS/c1-10-12-19-13-21(28-18(7)25(19)29-26(27)31-9)24-17(6)20(16(5)11-2)14-22(30-8)23(24)15(3)4/h12-16,26H,10-11,27H2,1-9H3/b19-12-,29-25-. The Morgan fingerprint density at radius 1 is 1.23 bits per heavy atom. The number of ether oxygens (including phenoxy) is 1. The molecule has 5 heteroatoms. The van der Waals surface area contributed by atoms with E-state index in [1.54, 1.807) is 7.11 Å². The Bertz CT molecular complexity index is 925. The molecule has 1 aromatic rings. The summed E-state index contributed by atoms with van der Waals surface area (Å²) in [7, 11) is 1.77. The first-order chi connectivity index (χ1) is 14.7. The third-order valence-electron chi connectivity index (χ3n) is 5.94. The second-order valence-corrected chi connectivity index (χ2v) is 9.40. The Kier molecular flexibility index (Phi) is 9.14. The highest BCUT2D eigenvalue weighted by molar-refractivity contribution is 7.99. The molecule has 0 aromatic heterocycles. The van der Waals surface area contributed by atoms with Gasteiger partial charge in [0.1, 0.15) is 11.2 Å². The van der Waals surface area contributed by atoms with E-state index in [4.69, 9.17) is 20.5 Å². The predicted molar refractivity (Wildman–Crippen MR) is 139 cm³/mol. The number of allylic oxidation sites excluding steroid dienone is 3. The zero-order chi connectivity index (χ0) is 23.3. The smallest absolute Gasteiger partial charge is 0.144 e. The largest absolute Gasteiger partial charge is 0.496 e. The molecule has 2 atom stereocenters. The minimum atomic E-state index is -0.294. The van der Waals surface area contributed by atoms with E-state index in [0.29, 0.717) is 11.8 Å². The average molecular weight is 442 g/mol. The molecular weight excluding hydrogens is 402 g/mol. The van der Waals surface area contributed by atoms with Crippen molar-refractivity contribution in [2.45, 2.75) is 78.6 Å². The highest BCUT2D eigenvalue weighted by Crippen LogP contribution is 2.42. The van der Waals surface area contributed by atoms with Crippen LogP contribution in [0.5, 0.6) is 5.75 Å². The second-order valence-electron chi connectivity index (χ2n) is 8.44. The van der Waals surface area contributed by atoms with Gasteiger partial charge < -0.3 is 10.5 Å². The number of rotatable bonds is 8. The van der Waals surface area contributed by atoms with Crippen LogP contribution in [0.2, 0.25) is 0 Å². The summed E-state index contributed by atoms with van der Waals surface area (Å²) < 4.78 is 5.88. The maximum atomic E-state index is 6.12. The van der Waals surface area contributed by atoms with Crippen molar-refractivity contribution >= 4 is 28.9 Å². The van der Waals surface area contributed by atoms with Crippen molar-refractivity contribution in [2.24, 2.45) is 15.7 Å². The van der Waals surface area contributed by atoms with Gasteiger partial charge in [-0.15, -0.1) is 11.8 Å². The fourth-order valence-corrected chi connectivity index (χ4v) is 4.35. The van der Waals surface area contributed by atoms with Gasteiger partial charge in [-0.25, -0.2) is 0 Å². The molecule has 0 aliphatic carbocycles. The lowest BCUT2D eigenvalue weighted by Gasteiger charge is -2.26. The third-order valence-corrected chi connectivity index (χ3v) is 6.53. The molecule has 1 aliphatic rings. The van der Waals surface area contributed by atoms with Crippen molar-refractivity contribution < 1.29 is 4.74 Å². The summed E-state index contributed by atoms with van der Waals surface area (Å²) in [6.45, 7) is 15.3. The quantitative estimate of drug-likeness (QED) is 0.449. The highest BCUT2D eigenvalue weighted by Gasteiger charge is 2.26. The lowest BCUT2D eigenvalue weighted by atomic mass is 9.83. The fourth-order valence-electron chi connectivity index (χ4n) is 4.14. The van der Waals surface area contributed by atoms with Crippen LogP contribution in [0.1, 0.15) is 88.5 Å². The van der Waals surface area contributed by atoms with Crippen LogP contribution >= 0.6 is 11.8 Å². The number of methoxy groups -OCH3 is 1. The molecule has 1 aromatic carbocycles. The van der Waals surface area contributed by atoms with Gasteiger partial charge in [0.25, 0.3) is 0 Å². The topological polar surface area (TPSA) is 60.0 Å². The molecule has 0 spiro atoms. The van der Waals surface area contributed by atoms with Gasteiger partial charge in [0.05, 0.1) is 24.2 Å². The van der Waals surface area contributed by atoms with E-state index in [1.807, 2.05) is 13.2 Å². The normalized spacial score (nSPS) is 18.9. The maximum absolute atomic E-state index is 6.12. The van der Waals surface area contributed by atoms with E-state index in [1.165, 1.54) is 34.0 Å². The van der Waals surface area contributed by atoms with Crippen LogP contribution in [0.15, 0.2) is 33.8 Å². The van der Waals surface area contributed by atoms with Crippen molar-refractivity contribution in [1.29, 1.82) is 0 Å². The van der Waals surface area contributed by atoms with E-state index in [0.717, 1.165) is 41.3 Å². The molecule has 2 N–H and O–H groups in total. The number of thioether (sulfide) groups is 1. The minimum absolute atomic E-state index is 0.294. The molecule has 1 heterocycles. The van der Waals surface area contributed by atoms with E-state index < -0.39 is 0 Å². The molecule has 0 amide bonds. The monoisotopic (exact) mass is 441 g/mol. The molecule has 1 aliphatic heterocycles. The molecule has 0 saturated carbocycles. The molecule has 2 rings (SSSR count). The van der Waals surface area contributed by atoms with Crippen molar-refractivity contribution in [3.8, 4) is 5.75 Å². The SMILES string of the molecule is CC/C=C1/C=C(c2c(C)c(C(C)CC)cc(OC)c2C(C)C)N=C(C)/C1=N/C(N)SC. The van der Waals surface area contributed by atoms with Gasteiger partial charge in [-0.3, -0.25) is 9.98 Å². The molecule has 0 fully saturated rings. The lowest BCUT2D eigenvalue weighted by molar-refractivity contribution is 0.406. The van der Waals surface area contributed by atoms with Gasteiger partial charge in [-0.1, -0.05) is 40.7 Å². The van der Waals surface area contributed by atoms with Gasteiger partial charge in [0, 0.05) is 11.1 Å². The summed E-state index contributed by atoms with van der Waals surface area (Å²) in [5.41, 5.74) is 14.7. The Morgan fingerprint density at radius 3 is 2.42 bits per heavy atom. The minimum Gasteiger partial charge on any atom is -0.496 e. The van der Waals surface area contributed by atoms with Crippen molar-refractivity contribution in [2.75, 3.05) is 13.4 Å². The molecule has 4 nitrogen and oxygen atoms in total. The zero-order valence-electron chi connectivity index (χ0n) is 20.7. The Balaban J connectivity index is 2.84. The van der Waals surface area contributed by atoms with E-state index in [-0.39, 0.29) is 5.50 Å². The summed E-state index contributed by atoms with van der Waals surface area (Å²) in [4.78, 5) is 9.77. The van der Waals surface area contributed by atoms with Crippen LogP contribution in [-0.4, -0.2) is 30.3 Å². The predicted octanol–water partition coefficient (Wildman–Crippen LogP) is 6.84. The molecule has 0 saturated heterocycles. The van der Waals surface area contributed by atoms with E-state index in [9.17, 15) is 0 Å². The number of hydrogen-bond donors (Lipinski definition) is 1. The van der Waals surface area contributed by atoms with Crippen LogP contribution in [0.3, 0.4) is 0 Å². The number of benzene rings is 1.